The van der Waals surface area contributed by atoms with Crippen LogP contribution in [-0.4, -0.2) is 17.8 Å². The predicted octanol–water partition coefficient (Wildman–Crippen LogP) is 8.65. The van der Waals surface area contributed by atoms with Crippen molar-refractivity contribution >= 4 is 7.37 Å². The summed E-state index contributed by atoms with van der Waals surface area (Å²) >= 11 is 0. The van der Waals surface area contributed by atoms with Crippen LogP contribution >= 0.6 is 7.37 Å². The van der Waals surface area contributed by atoms with Gasteiger partial charge in [-0.2, -0.15) is 0 Å². The van der Waals surface area contributed by atoms with Gasteiger partial charge in [-0.15, -0.1) is 0 Å². The molecule has 1 unspecified atom stereocenters. The van der Waals surface area contributed by atoms with Crippen LogP contribution in [0.25, 0.3) is 33.5 Å². The molecule has 0 spiro atoms. The zero-order valence-corrected chi connectivity index (χ0v) is 21.1. The third kappa shape index (κ3) is 4.94. The Morgan fingerprint density at radius 1 is 0.824 bits per heavy atom. The van der Waals surface area contributed by atoms with E-state index in [1.54, 1.807) is 18.8 Å². The second kappa shape index (κ2) is 10.1. The van der Waals surface area contributed by atoms with Crippen molar-refractivity contribution in [2.75, 3.05) is 13.3 Å². The first-order chi connectivity index (χ1) is 16.3. The van der Waals surface area contributed by atoms with Gasteiger partial charge in [0.15, 0.2) is 0 Å². The largest absolute Gasteiger partial charge is 0.334 e. The molecule has 3 aromatic carbocycles. The van der Waals surface area contributed by atoms with Crippen LogP contribution in [0.4, 0.5) is 4.39 Å². The Balaban J connectivity index is 2.16. The fourth-order valence-corrected chi connectivity index (χ4v) is 6.08. The van der Waals surface area contributed by atoms with E-state index in [4.69, 9.17) is 4.52 Å². The molecule has 3 nitrogen and oxygen atoms in total. The van der Waals surface area contributed by atoms with Gasteiger partial charge in [-0.25, -0.2) is 4.39 Å². The van der Waals surface area contributed by atoms with Gasteiger partial charge in [0.05, 0.1) is 18.6 Å². The Morgan fingerprint density at radius 3 is 1.85 bits per heavy atom. The average molecular weight is 476 g/mol. The minimum Gasteiger partial charge on any atom is -0.334 e. The van der Waals surface area contributed by atoms with Gasteiger partial charge in [-0.05, 0) is 53.8 Å². The Bertz CT molecular complexity index is 1300. The first-order valence-electron chi connectivity index (χ1n) is 11.7. The topological polar surface area (TPSA) is 31.2 Å². The van der Waals surface area contributed by atoms with Crippen molar-refractivity contribution in [3.8, 4) is 33.5 Å². The standard InChI is InChI=1S/C29H31FNO2P/c1-5-33-34(4,32)20-31-28(21(2)3)26(22-12-8-6-9-13-22)27(23-14-10-7-11-15-23)29(31)24-16-18-25(30)19-17-24/h6-19,21H,5,20H2,1-4H3. The molecule has 0 aliphatic carbocycles. The van der Waals surface area contributed by atoms with Crippen LogP contribution < -0.4 is 0 Å². The maximum absolute atomic E-state index is 13.9. The van der Waals surface area contributed by atoms with E-state index in [9.17, 15) is 8.96 Å². The van der Waals surface area contributed by atoms with Gasteiger partial charge in [0.2, 0.25) is 7.37 Å². The average Bonchev–Trinajstić information content (AvgIpc) is 3.15. The van der Waals surface area contributed by atoms with Gasteiger partial charge in [-0.1, -0.05) is 74.5 Å². The third-order valence-electron chi connectivity index (χ3n) is 5.89. The van der Waals surface area contributed by atoms with Gasteiger partial charge in [0.1, 0.15) is 5.82 Å². The molecule has 0 radical (unpaired) electrons. The fraction of sp³-hybridized carbons (Fsp3) is 0.241. The fourth-order valence-electron chi connectivity index (χ4n) is 4.65. The summed E-state index contributed by atoms with van der Waals surface area (Å²) in [5, 5.41) is 0. The molecule has 34 heavy (non-hydrogen) atoms. The highest BCUT2D eigenvalue weighted by atomic mass is 31.2. The summed E-state index contributed by atoms with van der Waals surface area (Å²) in [6, 6.07) is 27.1. The molecule has 0 amide bonds. The number of halogens is 1. The molecule has 1 atom stereocenters. The number of hydrogen-bond acceptors (Lipinski definition) is 2. The summed E-state index contributed by atoms with van der Waals surface area (Å²) in [5.74, 6) is -0.139. The van der Waals surface area contributed by atoms with Crippen molar-refractivity contribution in [2.24, 2.45) is 0 Å². The molecule has 0 fully saturated rings. The van der Waals surface area contributed by atoms with E-state index in [-0.39, 0.29) is 18.0 Å². The van der Waals surface area contributed by atoms with Gasteiger partial charge in [-0.3, -0.25) is 4.57 Å². The number of nitrogens with zero attached hydrogens (tertiary/aromatic N) is 1. The number of hydrogen-bond donors (Lipinski definition) is 0. The molecular formula is C29H31FNO2P. The zero-order chi connectivity index (χ0) is 24.3. The van der Waals surface area contributed by atoms with Crippen LogP contribution in [0.5, 0.6) is 0 Å². The van der Waals surface area contributed by atoms with E-state index in [1.807, 2.05) is 43.3 Å². The first-order valence-corrected chi connectivity index (χ1v) is 13.9. The van der Waals surface area contributed by atoms with Gasteiger partial charge in [0.25, 0.3) is 0 Å². The van der Waals surface area contributed by atoms with Crippen molar-refractivity contribution in [1.82, 2.24) is 4.57 Å². The quantitative estimate of drug-likeness (QED) is 0.239. The van der Waals surface area contributed by atoms with Crippen molar-refractivity contribution < 1.29 is 13.5 Å². The minimum absolute atomic E-state index is 0.147. The second-order valence-electron chi connectivity index (χ2n) is 8.88. The summed E-state index contributed by atoms with van der Waals surface area (Å²) in [4.78, 5) is 0. The molecule has 0 bridgehead atoms. The van der Waals surface area contributed by atoms with Crippen LogP contribution in [0.2, 0.25) is 0 Å². The highest BCUT2D eigenvalue weighted by molar-refractivity contribution is 7.57. The van der Waals surface area contributed by atoms with E-state index in [1.165, 1.54) is 12.1 Å². The van der Waals surface area contributed by atoms with E-state index < -0.39 is 7.37 Å². The SMILES string of the molecule is CCOP(C)(=O)Cn1c(-c2ccc(F)cc2)c(-c2ccccc2)c(-c2ccccc2)c1C(C)C. The highest BCUT2D eigenvalue weighted by Crippen LogP contribution is 2.52. The van der Waals surface area contributed by atoms with Crippen molar-refractivity contribution in [3.63, 3.8) is 0 Å². The number of rotatable bonds is 8. The first kappa shape index (κ1) is 24.2. The van der Waals surface area contributed by atoms with Crippen LogP contribution in [0.15, 0.2) is 84.9 Å². The third-order valence-corrected chi connectivity index (χ3v) is 7.49. The van der Waals surface area contributed by atoms with E-state index >= 15 is 0 Å². The van der Waals surface area contributed by atoms with Crippen molar-refractivity contribution in [1.29, 1.82) is 0 Å². The molecule has 0 aliphatic rings. The lowest BCUT2D eigenvalue weighted by Crippen LogP contribution is -2.09. The number of aromatic nitrogens is 1. The van der Waals surface area contributed by atoms with Crippen molar-refractivity contribution in [3.05, 3.63) is 96.4 Å². The lowest BCUT2D eigenvalue weighted by Gasteiger charge is -2.21. The van der Waals surface area contributed by atoms with Crippen LogP contribution in [0.3, 0.4) is 0 Å². The Morgan fingerprint density at radius 2 is 1.35 bits per heavy atom. The molecular weight excluding hydrogens is 444 g/mol. The minimum atomic E-state index is -2.94. The maximum Gasteiger partial charge on any atom is 0.219 e. The molecule has 5 heteroatoms. The van der Waals surface area contributed by atoms with Gasteiger partial charge < -0.3 is 9.09 Å². The van der Waals surface area contributed by atoms with E-state index in [2.05, 4.69) is 42.7 Å². The lowest BCUT2D eigenvalue weighted by atomic mass is 9.91. The number of benzene rings is 3. The van der Waals surface area contributed by atoms with Crippen LogP contribution in [0, 0.1) is 5.82 Å². The Labute approximate surface area is 201 Å². The predicted molar refractivity (Wildman–Crippen MR) is 140 cm³/mol. The molecule has 0 N–H and O–H groups in total. The molecule has 0 saturated carbocycles. The zero-order valence-electron chi connectivity index (χ0n) is 20.2. The summed E-state index contributed by atoms with van der Waals surface area (Å²) in [6.07, 6.45) is 0.244. The molecule has 0 aliphatic heterocycles. The van der Waals surface area contributed by atoms with E-state index in [0.717, 1.165) is 39.2 Å². The molecule has 4 rings (SSSR count). The highest BCUT2D eigenvalue weighted by Gasteiger charge is 2.30. The summed E-state index contributed by atoms with van der Waals surface area (Å²) in [6.45, 7) is 8.25. The van der Waals surface area contributed by atoms with Crippen LogP contribution in [0.1, 0.15) is 32.4 Å². The molecule has 4 aromatic rings. The van der Waals surface area contributed by atoms with Gasteiger partial charge >= 0.3 is 0 Å². The smallest absolute Gasteiger partial charge is 0.219 e. The summed E-state index contributed by atoms with van der Waals surface area (Å²) in [5.41, 5.74) is 7.21. The Hall–Kier alpha value is -2.94. The normalized spacial score (nSPS) is 13.2. The lowest BCUT2D eigenvalue weighted by molar-refractivity contribution is 0.331. The monoisotopic (exact) mass is 475 g/mol. The van der Waals surface area contributed by atoms with Crippen LogP contribution in [-0.2, 0) is 15.4 Å². The summed E-state index contributed by atoms with van der Waals surface area (Å²) in [7, 11) is -2.94. The van der Waals surface area contributed by atoms with Crippen molar-refractivity contribution in [2.45, 2.75) is 33.0 Å². The molecule has 1 heterocycles. The maximum atomic E-state index is 13.9. The molecule has 176 valence electrons. The second-order valence-corrected chi connectivity index (χ2v) is 11.4. The van der Waals surface area contributed by atoms with Gasteiger partial charge in [0, 0.05) is 23.5 Å². The molecule has 0 saturated heterocycles. The molecule has 1 aromatic heterocycles. The Kier molecular flexibility index (Phi) is 7.21. The van der Waals surface area contributed by atoms with E-state index in [0.29, 0.717) is 6.61 Å². The summed E-state index contributed by atoms with van der Waals surface area (Å²) < 4.78 is 35.3.